The Morgan fingerprint density at radius 3 is 2.96 bits per heavy atom. The maximum atomic E-state index is 10.9. The summed E-state index contributed by atoms with van der Waals surface area (Å²) in [5.74, 6) is -0.450. The molecule has 3 rings (SSSR count). The van der Waals surface area contributed by atoms with Gasteiger partial charge in [-0.25, -0.2) is 4.52 Å². The number of anilines is 1. The first-order valence-electron chi connectivity index (χ1n) is 6.64. The van der Waals surface area contributed by atoms with Crippen molar-refractivity contribution >= 4 is 33.0 Å². The molecular weight excluding hydrogens is 360 g/mol. The van der Waals surface area contributed by atoms with E-state index in [1.165, 1.54) is 6.20 Å². The topological polar surface area (TPSA) is 109 Å². The van der Waals surface area contributed by atoms with Crippen molar-refractivity contribution in [2.75, 3.05) is 11.9 Å². The molecule has 3 aromatic rings. The highest BCUT2D eigenvalue weighted by molar-refractivity contribution is 9.10. The van der Waals surface area contributed by atoms with Gasteiger partial charge in [-0.1, -0.05) is 0 Å². The predicted molar refractivity (Wildman–Crippen MR) is 88.5 cm³/mol. The first-order chi connectivity index (χ1) is 11.1. The number of rotatable bonds is 4. The van der Waals surface area contributed by atoms with Crippen LogP contribution in [0.25, 0.3) is 16.9 Å². The fraction of sp³-hybridized carbons (Fsp3) is 0.0667. The number of carbonyl (C=O) groups excluding carboxylic acids is 1. The van der Waals surface area contributed by atoms with Crippen molar-refractivity contribution in [3.05, 3.63) is 46.7 Å². The Labute approximate surface area is 139 Å². The van der Waals surface area contributed by atoms with Gasteiger partial charge in [0.2, 0.25) is 5.91 Å². The number of nitrogens with two attached hydrogens (primary N) is 1. The van der Waals surface area contributed by atoms with E-state index in [1.54, 1.807) is 22.8 Å². The summed E-state index contributed by atoms with van der Waals surface area (Å²) in [7, 11) is 0. The summed E-state index contributed by atoms with van der Waals surface area (Å²) >= 11 is 3.38. The smallest absolute Gasteiger partial charge is 0.236 e. The molecule has 8 heteroatoms. The standard InChI is InChI=1S/C15H11BrN6O/c16-11-7-19-13(4-12(11)20-8-15(18)23)14-2-1-10-3-9(5-17)6-21-22(10)14/h1-4,6-7H,8H2,(H2,18,23)(H,19,20). The minimum absolute atomic E-state index is 0.0285. The van der Waals surface area contributed by atoms with Gasteiger partial charge in [0.15, 0.2) is 0 Å². The number of nitriles is 1. The van der Waals surface area contributed by atoms with E-state index in [0.717, 1.165) is 15.7 Å². The number of fused-ring (bicyclic) bond motifs is 1. The van der Waals surface area contributed by atoms with Gasteiger partial charge in [-0.05, 0) is 40.2 Å². The Kier molecular flexibility index (Phi) is 3.95. The van der Waals surface area contributed by atoms with Crippen LogP contribution in [-0.4, -0.2) is 27.0 Å². The molecule has 0 bridgehead atoms. The lowest BCUT2D eigenvalue weighted by Gasteiger charge is -2.09. The largest absolute Gasteiger partial charge is 0.375 e. The van der Waals surface area contributed by atoms with E-state index in [-0.39, 0.29) is 6.54 Å². The summed E-state index contributed by atoms with van der Waals surface area (Å²) in [5, 5.41) is 16.1. The molecule has 0 fully saturated rings. The summed E-state index contributed by atoms with van der Waals surface area (Å²) in [6.07, 6.45) is 3.14. The number of hydrogen-bond donors (Lipinski definition) is 2. The van der Waals surface area contributed by atoms with Gasteiger partial charge in [-0.3, -0.25) is 9.78 Å². The molecule has 0 saturated carbocycles. The van der Waals surface area contributed by atoms with Crippen LogP contribution in [0.2, 0.25) is 0 Å². The molecule has 0 aliphatic heterocycles. The maximum absolute atomic E-state index is 10.9. The Hall–Kier alpha value is -2.92. The highest BCUT2D eigenvalue weighted by atomic mass is 79.9. The van der Waals surface area contributed by atoms with Crippen LogP contribution in [0, 0.1) is 11.3 Å². The normalized spacial score (nSPS) is 10.4. The quantitative estimate of drug-likeness (QED) is 0.728. The van der Waals surface area contributed by atoms with Crippen molar-refractivity contribution < 1.29 is 4.79 Å². The van der Waals surface area contributed by atoms with Crippen molar-refractivity contribution in [2.45, 2.75) is 0 Å². The summed E-state index contributed by atoms with van der Waals surface area (Å²) < 4.78 is 2.43. The van der Waals surface area contributed by atoms with Crippen molar-refractivity contribution in [3.8, 4) is 17.5 Å². The van der Waals surface area contributed by atoms with Gasteiger partial charge in [0.1, 0.15) is 6.07 Å². The van der Waals surface area contributed by atoms with Crippen LogP contribution in [0.15, 0.2) is 41.1 Å². The molecule has 0 aliphatic carbocycles. The van der Waals surface area contributed by atoms with E-state index in [4.69, 9.17) is 11.0 Å². The third kappa shape index (κ3) is 3.00. The number of halogens is 1. The van der Waals surface area contributed by atoms with E-state index in [2.05, 4.69) is 37.4 Å². The van der Waals surface area contributed by atoms with Gasteiger partial charge < -0.3 is 11.1 Å². The average Bonchev–Trinajstić information content (AvgIpc) is 2.97. The summed E-state index contributed by atoms with van der Waals surface area (Å²) in [6.45, 7) is 0.0285. The molecule has 1 amide bonds. The first-order valence-corrected chi connectivity index (χ1v) is 7.44. The van der Waals surface area contributed by atoms with Crippen LogP contribution < -0.4 is 11.1 Å². The molecule has 0 saturated heterocycles. The Morgan fingerprint density at radius 1 is 1.39 bits per heavy atom. The molecule has 0 unspecified atom stereocenters. The number of primary amides is 1. The van der Waals surface area contributed by atoms with Crippen molar-refractivity contribution in [2.24, 2.45) is 5.73 Å². The van der Waals surface area contributed by atoms with Gasteiger partial charge in [0.05, 0.1) is 45.4 Å². The summed E-state index contributed by atoms with van der Waals surface area (Å²) in [6, 6.07) is 9.35. The zero-order chi connectivity index (χ0) is 16.4. The predicted octanol–water partition coefficient (Wildman–Crippen LogP) is 1.93. The SMILES string of the molecule is N#Cc1cnn2c(-c3cc(NCC(N)=O)c(Br)cn3)ccc2c1. The molecule has 0 aromatic carbocycles. The zero-order valence-electron chi connectivity index (χ0n) is 11.8. The molecule has 114 valence electrons. The second-order valence-corrected chi connectivity index (χ2v) is 5.63. The molecule has 7 nitrogen and oxygen atoms in total. The minimum atomic E-state index is -0.450. The van der Waals surface area contributed by atoms with Gasteiger partial charge in [0, 0.05) is 6.20 Å². The molecule has 0 aliphatic rings. The molecule has 3 aromatic heterocycles. The summed E-state index contributed by atoms with van der Waals surface area (Å²) in [5.41, 5.74) is 8.61. The molecule has 0 radical (unpaired) electrons. The lowest BCUT2D eigenvalue weighted by Crippen LogP contribution is -2.22. The lowest BCUT2D eigenvalue weighted by molar-refractivity contribution is -0.116. The number of nitrogens with one attached hydrogen (secondary N) is 1. The Balaban J connectivity index is 2.03. The number of nitrogens with zero attached hydrogens (tertiary/aromatic N) is 4. The Morgan fingerprint density at radius 2 is 2.22 bits per heavy atom. The first kappa shape index (κ1) is 15.0. The van der Waals surface area contributed by atoms with Crippen molar-refractivity contribution in [3.63, 3.8) is 0 Å². The van der Waals surface area contributed by atoms with E-state index >= 15 is 0 Å². The second-order valence-electron chi connectivity index (χ2n) is 4.78. The third-order valence-electron chi connectivity index (χ3n) is 3.20. The summed E-state index contributed by atoms with van der Waals surface area (Å²) in [4.78, 5) is 15.3. The highest BCUT2D eigenvalue weighted by Crippen LogP contribution is 2.27. The van der Waals surface area contributed by atoms with Crippen molar-refractivity contribution in [1.29, 1.82) is 5.26 Å². The van der Waals surface area contributed by atoms with Crippen molar-refractivity contribution in [1.82, 2.24) is 14.6 Å². The van der Waals surface area contributed by atoms with Gasteiger partial charge in [0.25, 0.3) is 0 Å². The molecule has 3 heterocycles. The van der Waals surface area contributed by atoms with Gasteiger partial charge in [-0.15, -0.1) is 0 Å². The number of aromatic nitrogens is 3. The van der Waals surface area contributed by atoms with Gasteiger partial charge >= 0.3 is 0 Å². The third-order valence-corrected chi connectivity index (χ3v) is 3.83. The highest BCUT2D eigenvalue weighted by Gasteiger charge is 2.10. The maximum Gasteiger partial charge on any atom is 0.236 e. The van der Waals surface area contributed by atoms with E-state index in [9.17, 15) is 4.79 Å². The molecule has 23 heavy (non-hydrogen) atoms. The fourth-order valence-corrected chi connectivity index (χ4v) is 2.51. The van der Waals surface area contributed by atoms with Crippen LogP contribution in [0.3, 0.4) is 0 Å². The van der Waals surface area contributed by atoms with Crippen LogP contribution in [0.1, 0.15) is 5.56 Å². The zero-order valence-corrected chi connectivity index (χ0v) is 13.4. The van der Waals surface area contributed by atoms with E-state index in [1.807, 2.05) is 12.1 Å². The molecule has 0 spiro atoms. The van der Waals surface area contributed by atoms with E-state index in [0.29, 0.717) is 16.9 Å². The number of amides is 1. The Bertz CT molecular complexity index is 943. The molecule has 3 N–H and O–H groups in total. The van der Waals surface area contributed by atoms with Gasteiger partial charge in [-0.2, -0.15) is 10.4 Å². The average molecular weight is 371 g/mol. The van der Waals surface area contributed by atoms with Crippen LogP contribution >= 0.6 is 15.9 Å². The monoisotopic (exact) mass is 370 g/mol. The van der Waals surface area contributed by atoms with Crippen LogP contribution in [0.4, 0.5) is 5.69 Å². The number of carbonyl (C=O) groups is 1. The van der Waals surface area contributed by atoms with E-state index < -0.39 is 5.91 Å². The van der Waals surface area contributed by atoms with Crippen LogP contribution in [-0.2, 0) is 4.79 Å². The second kappa shape index (κ2) is 6.06. The number of hydrogen-bond acceptors (Lipinski definition) is 5. The number of pyridine rings is 1. The minimum Gasteiger partial charge on any atom is -0.375 e. The van der Waals surface area contributed by atoms with Crippen LogP contribution in [0.5, 0.6) is 0 Å². The fourth-order valence-electron chi connectivity index (χ4n) is 2.15. The lowest BCUT2D eigenvalue weighted by atomic mass is 10.2. The molecular formula is C15H11BrN6O. The molecule has 0 atom stereocenters.